The number of hydrogen-bond donors (Lipinski definition) is 3. The van der Waals surface area contributed by atoms with Crippen molar-refractivity contribution in [3.05, 3.63) is 65.4 Å². The summed E-state index contributed by atoms with van der Waals surface area (Å²) in [7, 11) is 2.09. The lowest BCUT2D eigenvalue weighted by Crippen LogP contribution is -2.30. The Hall–Kier alpha value is -2.87. The van der Waals surface area contributed by atoms with Crippen LogP contribution in [0.4, 0.5) is 5.69 Å². The van der Waals surface area contributed by atoms with E-state index in [1.165, 1.54) is 0 Å². The molecule has 2 unspecified atom stereocenters. The number of nitrogens with one attached hydrogen (secondary N) is 2. The highest BCUT2D eigenvalue weighted by Gasteiger charge is 2.23. The van der Waals surface area contributed by atoms with Crippen molar-refractivity contribution >= 4 is 23.2 Å². The van der Waals surface area contributed by atoms with Crippen LogP contribution in [0.25, 0.3) is 11.1 Å². The van der Waals surface area contributed by atoms with Crippen molar-refractivity contribution in [2.24, 2.45) is 0 Å². The minimum Gasteiger partial charge on any atom is -0.490 e. The Balaban J connectivity index is 1.54. The third-order valence-corrected chi connectivity index (χ3v) is 5.86. The summed E-state index contributed by atoms with van der Waals surface area (Å²) in [6, 6.07) is 12.4. The van der Waals surface area contributed by atoms with E-state index in [0.717, 1.165) is 30.5 Å². The summed E-state index contributed by atoms with van der Waals surface area (Å²) >= 11 is 5.89. The SMILES string of the molecule is CN1CCCC1COc1cc(-c2cn[nH]c2)ccc1NC(=O)C(O)c1ccc(Cl)cc1. The van der Waals surface area contributed by atoms with E-state index in [0.29, 0.717) is 34.7 Å². The Labute approximate surface area is 186 Å². The molecule has 3 aromatic rings. The minimum atomic E-state index is -1.32. The third-order valence-electron chi connectivity index (χ3n) is 5.61. The van der Waals surface area contributed by atoms with Gasteiger partial charge in [-0.25, -0.2) is 0 Å². The lowest BCUT2D eigenvalue weighted by atomic mass is 10.1. The summed E-state index contributed by atoms with van der Waals surface area (Å²) < 4.78 is 6.15. The van der Waals surface area contributed by atoms with Gasteiger partial charge in [-0.1, -0.05) is 29.8 Å². The first-order chi connectivity index (χ1) is 15.0. The van der Waals surface area contributed by atoms with Crippen molar-refractivity contribution in [3.8, 4) is 16.9 Å². The van der Waals surface area contributed by atoms with Crippen LogP contribution in [0, 0.1) is 0 Å². The molecule has 31 heavy (non-hydrogen) atoms. The van der Waals surface area contributed by atoms with Gasteiger partial charge in [0.25, 0.3) is 5.91 Å². The summed E-state index contributed by atoms with van der Waals surface area (Å²) in [4.78, 5) is 15.0. The molecule has 1 aromatic heterocycles. The Morgan fingerprint density at radius 1 is 1.32 bits per heavy atom. The van der Waals surface area contributed by atoms with E-state index >= 15 is 0 Å². The molecule has 7 nitrogen and oxygen atoms in total. The monoisotopic (exact) mass is 440 g/mol. The Bertz CT molecular complexity index is 1020. The number of aliphatic hydroxyl groups excluding tert-OH is 1. The molecule has 1 aliphatic rings. The fraction of sp³-hybridized carbons (Fsp3) is 0.304. The van der Waals surface area contributed by atoms with E-state index in [-0.39, 0.29) is 0 Å². The molecule has 162 valence electrons. The number of likely N-dealkylation sites (tertiary alicyclic amines) is 1. The maximum Gasteiger partial charge on any atom is 0.257 e. The van der Waals surface area contributed by atoms with Crippen molar-refractivity contribution in [1.82, 2.24) is 15.1 Å². The van der Waals surface area contributed by atoms with Gasteiger partial charge < -0.3 is 20.1 Å². The number of hydrogen-bond acceptors (Lipinski definition) is 5. The average Bonchev–Trinajstić information content (AvgIpc) is 3.45. The van der Waals surface area contributed by atoms with Gasteiger partial charge in [-0.2, -0.15) is 5.10 Å². The van der Waals surface area contributed by atoms with Gasteiger partial charge in [-0.05, 0) is 61.8 Å². The lowest BCUT2D eigenvalue weighted by Gasteiger charge is -2.21. The number of likely N-dealkylation sites (N-methyl/N-ethyl adjacent to an activating group) is 1. The summed E-state index contributed by atoms with van der Waals surface area (Å²) in [5, 5.41) is 20.6. The van der Waals surface area contributed by atoms with Crippen LogP contribution in [0.1, 0.15) is 24.5 Å². The van der Waals surface area contributed by atoms with Crippen LogP contribution in [-0.4, -0.2) is 52.4 Å². The van der Waals surface area contributed by atoms with Gasteiger partial charge in [-0.15, -0.1) is 0 Å². The van der Waals surface area contributed by atoms with Gasteiger partial charge in [-0.3, -0.25) is 9.89 Å². The van der Waals surface area contributed by atoms with Crippen molar-refractivity contribution in [1.29, 1.82) is 0 Å². The predicted molar refractivity (Wildman–Crippen MR) is 120 cm³/mol. The second-order valence-corrected chi connectivity index (χ2v) is 8.17. The highest BCUT2D eigenvalue weighted by Crippen LogP contribution is 2.32. The van der Waals surface area contributed by atoms with Gasteiger partial charge >= 0.3 is 0 Å². The second kappa shape index (κ2) is 9.51. The fourth-order valence-electron chi connectivity index (χ4n) is 3.71. The molecule has 1 fully saturated rings. The molecule has 0 radical (unpaired) electrons. The molecule has 2 atom stereocenters. The molecule has 1 saturated heterocycles. The van der Waals surface area contributed by atoms with E-state index in [9.17, 15) is 9.90 Å². The third kappa shape index (κ3) is 5.07. The first-order valence-electron chi connectivity index (χ1n) is 10.2. The quantitative estimate of drug-likeness (QED) is 0.518. The van der Waals surface area contributed by atoms with Crippen LogP contribution in [0.5, 0.6) is 5.75 Å². The van der Waals surface area contributed by atoms with E-state index in [1.54, 1.807) is 42.7 Å². The Morgan fingerprint density at radius 3 is 2.81 bits per heavy atom. The van der Waals surface area contributed by atoms with Crippen molar-refractivity contribution in [2.45, 2.75) is 25.0 Å². The summed E-state index contributed by atoms with van der Waals surface area (Å²) in [5.74, 6) is 0.0110. The zero-order chi connectivity index (χ0) is 21.8. The molecule has 2 aromatic carbocycles. The van der Waals surface area contributed by atoms with Gasteiger partial charge in [0.15, 0.2) is 6.10 Å². The predicted octanol–water partition coefficient (Wildman–Crippen LogP) is 3.88. The molecule has 1 aliphatic heterocycles. The van der Waals surface area contributed by atoms with Crippen molar-refractivity contribution < 1.29 is 14.6 Å². The van der Waals surface area contributed by atoms with Crippen LogP contribution in [-0.2, 0) is 4.79 Å². The number of ether oxygens (including phenoxy) is 1. The van der Waals surface area contributed by atoms with Crippen molar-refractivity contribution in [3.63, 3.8) is 0 Å². The van der Waals surface area contributed by atoms with Gasteiger partial charge in [0.1, 0.15) is 12.4 Å². The molecular formula is C23H25ClN4O3. The number of carbonyl (C=O) groups excluding carboxylic acids is 1. The first-order valence-corrected chi connectivity index (χ1v) is 10.6. The number of rotatable bonds is 7. The number of benzene rings is 2. The number of amides is 1. The molecule has 4 rings (SSSR count). The van der Waals surface area contributed by atoms with Crippen LogP contribution >= 0.6 is 11.6 Å². The standard InChI is InChI=1S/C23H25ClN4O3/c1-28-10-2-3-19(28)14-31-21-11-16(17-12-25-26-13-17)6-9-20(21)27-23(30)22(29)15-4-7-18(24)8-5-15/h4-9,11-13,19,22,29H,2-3,10,14H2,1H3,(H,25,26)(H,27,30). The minimum absolute atomic E-state index is 0.334. The van der Waals surface area contributed by atoms with E-state index in [4.69, 9.17) is 16.3 Å². The van der Waals surface area contributed by atoms with Crippen LogP contribution in [0.15, 0.2) is 54.9 Å². The van der Waals surface area contributed by atoms with Gasteiger partial charge in [0.2, 0.25) is 0 Å². The zero-order valence-electron chi connectivity index (χ0n) is 17.2. The molecular weight excluding hydrogens is 416 g/mol. The Morgan fingerprint density at radius 2 is 2.13 bits per heavy atom. The highest BCUT2D eigenvalue weighted by atomic mass is 35.5. The number of carbonyl (C=O) groups is 1. The lowest BCUT2D eigenvalue weighted by molar-refractivity contribution is -0.124. The van der Waals surface area contributed by atoms with Crippen LogP contribution in [0.3, 0.4) is 0 Å². The normalized spacial score (nSPS) is 17.5. The average molecular weight is 441 g/mol. The first kappa shape index (κ1) is 21.4. The maximum atomic E-state index is 12.7. The topological polar surface area (TPSA) is 90.5 Å². The van der Waals surface area contributed by atoms with E-state index in [1.807, 2.05) is 12.1 Å². The number of halogens is 1. The number of aromatic amines is 1. The summed E-state index contributed by atoms with van der Waals surface area (Å²) in [6.07, 6.45) is 4.43. The van der Waals surface area contributed by atoms with Crippen LogP contribution < -0.4 is 10.1 Å². The second-order valence-electron chi connectivity index (χ2n) is 7.73. The molecule has 0 aliphatic carbocycles. The Kier molecular flexibility index (Phi) is 6.56. The van der Waals surface area contributed by atoms with E-state index < -0.39 is 12.0 Å². The fourth-order valence-corrected chi connectivity index (χ4v) is 3.83. The van der Waals surface area contributed by atoms with E-state index in [2.05, 4.69) is 27.5 Å². The number of anilines is 1. The molecule has 0 saturated carbocycles. The van der Waals surface area contributed by atoms with Crippen LogP contribution in [0.2, 0.25) is 5.02 Å². The molecule has 2 heterocycles. The smallest absolute Gasteiger partial charge is 0.257 e. The molecule has 0 bridgehead atoms. The van der Waals surface area contributed by atoms with Gasteiger partial charge in [0.05, 0.1) is 11.9 Å². The zero-order valence-corrected chi connectivity index (χ0v) is 18.0. The summed E-state index contributed by atoms with van der Waals surface area (Å²) in [6.45, 7) is 1.58. The molecule has 0 spiro atoms. The van der Waals surface area contributed by atoms with Gasteiger partial charge in [0, 0.05) is 22.8 Å². The number of aliphatic hydroxyl groups is 1. The molecule has 3 N–H and O–H groups in total. The number of H-pyrrole nitrogens is 1. The summed E-state index contributed by atoms with van der Waals surface area (Å²) in [5.41, 5.74) is 2.81. The maximum absolute atomic E-state index is 12.7. The number of nitrogens with zero attached hydrogens (tertiary/aromatic N) is 2. The van der Waals surface area contributed by atoms with Crippen molar-refractivity contribution in [2.75, 3.05) is 25.5 Å². The molecule has 8 heteroatoms. The molecule has 1 amide bonds. The largest absolute Gasteiger partial charge is 0.490 e. The number of aromatic nitrogens is 2. The highest BCUT2D eigenvalue weighted by molar-refractivity contribution is 6.30.